The standard InChI is InChI=1S/C8H16INO2S/c1-5-10(6-13-9)7(11)12-8(2,3)4/h5-6H2,1-4H3. The smallest absolute Gasteiger partial charge is 0.410 e. The van der Waals surface area contributed by atoms with Crippen molar-refractivity contribution in [3.8, 4) is 0 Å². The van der Waals surface area contributed by atoms with Gasteiger partial charge in [0.15, 0.2) is 0 Å². The molecule has 0 aliphatic rings. The highest BCUT2D eigenvalue weighted by Gasteiger charge is 2.20. The number of carbonyl (C=O) groups is 1. The van der Waals surface area contributed by atoms with Crippen LogP contribution in [0.5, 0.6) is 0 Å². The number of ether oxygens (including phenoxy) is 1. The topological polar surface area (TPSA) is 29.5 Å². The molecule has 0 unspecified atom stereocenters. The van der Waals surface area contributed by atoms with Crippen molar-refractivity contribution in [1.29, 1.82) is 0 Å². The van der Waals surface area contributed by atoms with Crippen molar-refractivity contribution in [2.45, 2.75) is 33.3 Å². The van der Waals surface area contributed by atoms with Crippen molar-refractivity contribution < 1.29 is 9.53 Å². The first-order chi connectivity index (χ1) is 5.90. The molecule has 0 N–H and O–H groups in total. The van der Waals surface area contributed by atoms with Crippen LogP contribution in [0.15, 0.2) is 0 Å². The summed E-state index contributed by atoms with van der Waals surface area (Å²) in [7, 11) is 1.58. The first-order valence-corrected chi connectivity index (χ1v) is 7.65. The molecule has 13 heavy (non-hydrogen) atoms. The number of nitrogens with zero attached hydrogens (tertiary/aromatic N) is 1. The van der Waals surface area contributed by atoms with Crippen LogP contribution in [0.2, 0.25) is 0 Å². The molecule has 0 aromatic rings. The van der Waals surface area contributed by atoms with E-state index in [1.165, 1.54) is 0 Å². The Balaban J connectivity index is 4.06. The van der Waals surface area contributed by atoms with Gasteiger partial charge < -0.3 is 4.74 Å². The second-order valence-corrected chi connectivity index (χ2v) is 5.92. The maximum absolute atomic E-state index is 11.5. The third-order valence-electron chi connectivity index (χ3n) is 1.24. The zero-order chi connectivity index (χ0) is 10.5. The maximum Gasteiger partial charge on any atom is 0.410 e. The molecular formula is C8H16INO2S. The Labute approximate surface area is 96.2 Å². The fraction of sp³-hybridized carbons (Fsp3) is 0.875. The minimum Gasteiger partial charge on any atom is -0.444 e. The lowest BCUT2D eigenvalue weighted by atomic mass is 10.2. The van der Waals surface area contributed by atoms with E-state index in [1.807, 2.05) is 27.7 Å². The molecule has 0 aromatic carbocycles. The number of carbonyl (C=O) groups excluding carboxylic acids is 1. The van der Waals surface area contributed by atoms with Crippen LogP contribution in [0.1, 0.15) is 27.7 Å². The largest absolute Gasteiger partial charge is 0.444 e. The highest BCUT2D eigenvalue weighted by Crippen LogP contribution is 2.15. The molecule has 0 bridgehead atoms. The molecule has 0 heterocycles. The van der Waals surface area contributed by atoms with Gasteiger partial charge >= 0.3 is 6.09 Å². The van der Waals surface area contributed by atoms with E-state index in [-0.39, 0.29) is 6.09 Å². The first kappa shape index (κ1) is 13.4. The molecule has 78 valence electrons. The van der Waals surface area contributed by atoms with Crippen LogP contribution >= 0.6 is 30.1 Å². The van der Waals surface area contributed by atoms with Crippen LogP contribution in [-0.2, 0) is 4.74 Å². The van der Waals surface area contributed by atoms with Gasteiger partial charge in [-0.2, -0.15) is 0 Å². The van der Waals surface area contributed by atoms with Gasteiger partial charge in [0.1, 0.15) is 5.60 Å². The van der Waals surface area contributed by atoms with Crippen LogP contribution in [0.25, 0.3) is 0 Å². The molecule has 0 aromatic heterocycles. The first-order valence-electron chi connectivity index (χ1n) is 4.12. The summed E-state index contributed by atoms with van der Waals surface area (Å²) in [5, 5.41) is 0. The van der Waals surface area contributed by atoms with Crippen LogP contribution in [0.4, 0.5) is 4.79 Å². The zero-order valence-electron chi connectivity index (χ0n) is 8.46. The minimum absolute atomic E-state index is 0.237. The van der Waals surface area contributed by atoms with Crippen molar-refractivity contribution in [3.63, 3.8) is 0 Å². The van der Waals surface area contributed by atoms with Gasteiger partial charge in [-0.3, -0.25) is 4.90 Å². The maximum atomic E-state index is 11.5. The summed E-state index contributed by atoms with van der Waals surface area (Å²) >= 11 is 2.16. The number of hydrogen-bond donors (Lipinski definition) is 0. The number of halogens is 1. The van der Waals surface area contributed by atoms with E-state index in [2.05, 4.69) is 21.2 Å². The zero-order valence-corrected chi connectivity index (χ0v) is 11.4. The monoisotopic (exact) mass is 317 g/mol. The fourth-order valence-electron chi connectivity index (χ4n) is 0.658. The van der Waals surface area contributed by atoms with Crippen molar-refractivity contribution in [2.24, 2.45) is 0 Å². The average Bonchev–Trinajstić information content (AvgIpc) is 1.96. The quantitative estimate of drug-likeness (QED) is 0.591. The third kappa shape index (κ3) is 6.42. The van der Waals surface area contributed by atoms with Gasteiger partial charge in [-0.1, -0.05) is 8.93 Å². The summed E-state index contributed by atoms with van der Waals surface area (Å²) in [5.41, 5.74) is -0.402. The Morgan fingerprint density at radius 1 is 1.54 bits per heavy atom. The SMILES string of the molecule is CCN(CSI)C(=O)OC(C)(C)C. The molecule has 1 amide bonds. The van der Waals surface area contributed by atoms with Crippen molar-refractivity contribution in [3.05, 3.63) is 0 Å². The highest BCUT2D eigenvalue weighted by molar-refractivity contribution is 14.2. The highest BCUT2D eigenvalue weighted by atomic mass is 127. The Morgan fingerprint density at radius 3 is 2.38 bits per heavy atom. The fourth-order valence-corrected chi connectivity index (χ4v) is 2.07. The molecule has 0 atom stereocenters. The van der Waals surface area contributed by atoms with E-state index in [9.17, 15) is 4.79 Å². The summed E-state index contributed by atoms with van der Waals surface area (Å²) in [4.78, 5) is 13.1. The summed E-state index contributed by atoms with van der Waals surface area (Å²) in [6.07, 6.45) is -0.237. The van der Waals surface area contributed by atoms with Crippen LogP contribution < -0.4 is 0 Å². The van der Waals surface area contributed by atoms with Gasteiger partial charge in [0, 0.05) is 6.54 Å². The van der Waals surface area contributed by atoms with Gasteiger partial charge in [0.05, 0.1) is 5.88 Å². The lowest BCUT2D eigenvalue weighted by Gasteiger charge is -2.25. The molecule has 0 fully saturated rings. The van der Waals surface area contributed by atoms with E-state index in [0.29, 0.717) is 12.4 Å². The van der Waals surface area contributed by atoms with E-state index in [1.54, 1.807) is 13.8 Å². The Bertz CT molecular complexity index is 170. The van der Waals surface area contributed by atoms with E-state index >= 15 is 0 Å². The number of hydrogen-bond acceptors (Lipinski definition) is 3. The summed E-state index contributed by atoms with van der Waals surface area (Å²) < 4.78 is 5.21. The molecule has 0 rings (SSSR count). The minimum atomic E-state index is -0.402. The van der Waals surface area contributed by atoms with Crippen LogP contribution in [-0.4, -0.2) is 29.0 Å². The average molecular weight is 317 g/mol. The lowest BCUT2D eigenvalue weighted by Crippen LogP contribution is -2.36. The molecule has 0 spiro atoms. The Morgan fingerprint density at radius 2 is 2.08 bits per heavy atom. The van der Waals surface area contributed by atoms with Crippen LogP contribution in [0, 0.1) is 0 Å². The lowest BCUT2D eigenvalue weighted by molar-refractivity contribution is 0.0297. The second-order valence-electron chi connectivity index (χ2n) is 3.57. The van der Waals surface area contributed by atoms with Crippen molar-refractivity contribution in [2.75, 3.05) is 12.4 Å². The predicted molar refractivity (Wildman–Crippen MR) is 65.1 cm³/mol. The predicted octanol–water partition coefficient (Wildman–Crippen LogP) is 3.28. The van der Waals surface area contributed by atoms with Crippen LogP contribution in [0.3, 0.4) is 0 Å². The van der Waals surface area contributed by atoms with E-state index in [0.717, 1.165) is 0 Å². The van der Waals surface area contributed by atoms with Gasteiger partial charge in [-0.15, -0.1) is 0 Å². The summed E-state index contributed by atoms with van der Waals surface area (Å²) in [5.74, 6) is 0.673. The Hall–Kier alpha value is 0.350. The Kier molecular flexibility index (Phi) is 6.11. The van der Waals surface area contributed by atoms with E-state index in [4.69, 9.17) is 4.74 Å². The molecular weight excluding hydrogens is 301 g/mol. The molecule has 0 aliphatic heterocycles. The second kappa shape index (κ2) is 5.95. The molecule has 5 heteroatoms. The van der Waals surface area contributed by atoms with E-state index < -0.39 is 5.60 Å². The molecule has 0 radical (unpaired) electrons. The van der Waals surface area contributed by atoms with Gasteiger partial charge in [0.25, 0.3) is 0 Å². The molecule has 0 saturated heterocycles. The molecule has 3 nitrogen and oxygen atoms in total. The van der Waals surface area contributed by atoms with Crippen molar-refractivity contribution >= 4 is 36.2 Å². The summed E-state index contributed by atoms with van der Waals surface area (Å²) in [6.45, 7) is 8.24. The van der Waals surface area contributed by atoms with Gasteiger partial charge in [-0.25, -0.2) is 4.79 Å². The van der Waals surface area contributed by atoms with Gasteiger partial charge in [-0.05, 0) is 48.9 Å². The van der Waals surface area contributed by atoms with Gasteiger partial charge in [0.2, 0.25) is 0 Å². The third-order valence-corrected chi connectivity index (χ3v) is 2.48. The number of amides is 1. The van der Waals surface area contributed by atoms with Crippen molar-refractivity contribution in [1.82, 2.24) is 4.90 Å². The summed E-state index contributed by atoms with van der Waals surface area (Å²) in [6, 6.07) is 0. The molecule has 0 aliphatic carbocycles. The number of rotatable bonds is 3. The normalized spacial score (nSPS) is 11.2. The molecule has 0 saturated carbocycles.